The number of hydrogen-bond acceptors (Lipinski definition) is 2. The second-order valence-electron chi connectivity index (χ2n) is 6.90. The van der Waals surface area contributed by atoms with Gasteiger partial charge in [-0.3, -0.25) is 0 Å². The second-order valence-corrected chi connectivity index (χ2v) is 6.90. The summed E-state index contributed by atoms with van der Waals surface area (Å²) in [5.74, 6) is 0.491. The van der Waals surface area contributed by atoms with Crippen molar-refractivity contribution < 1.29 is 4.39 Å². The van der Waals surface area contributed by atoms with E-state index in [9.17, 15) is 4.39 Å². The summed E-state index contributed by atoms with van der Waals surface area (Å²) in [5.41, 5.74) is 9.99. The molecule has 0 aliphatic heterocycles. The molecular formula is C19H22FN3. The predicted molar refractivity (Wildman–Crippen MR) is 91.8 cm³/mol. The van der Waals surface area contributed by atoms with Crippen LogP contribution in [-0.2, 0) is 18.5 Å². The molecule has 0 unspecified atom stereocenters. The standard InChI is InChI=1S/C19H22FN3/c1-19(2,3)14-6-4-13(5-7-14)12-23-17-9-8-15(20)10-16(17)22-18(23)11-21/h4-10H,11-12,21H2,1-3H3. The molecular weight excluding hydrogens is 289 g/mol. The third-order valence-electron chi connectivity index (χ3n) is 4.13. The molecule has 0 fully saturated rings. The van der Waals surface area contributed by atoms with Crippen molar-refractivity contribution in [3.05, 3.63) is 65.2 Å². The van der Waals surface area contributed by atoms with E-state index in [-0.39, 0.29) is 11.2 Å². The van der Waals surface area contributed by atoms with Crippen molar-refractivity contribution in [1.29, 1.82) is 0 Å². The maximum absolute atomic E-state index is 13.4. The Morgan fingerprint density at radius 1 is 1.09 bits per heavy atom. The van der Waals surface area contributed by atoms with Gasteiger partial charge in [0.05, 0.1) is 17.6 Å². The van der Waals surface area contributed by atoms with Gasteiger partial charge >= 0.3 is 0 Å². The topological polar surface area (TPSA) is 43.8 Å². The zero-order valence-corrected chi connectivity index (χ0v) is 13.8. The lowest BCUT2D eigenvalue weighted by molar-refractivity contribution is 0.589. The molecule has 1 heterocycles. The predicted octanol–water partition coefficient (Wildman–Crippen LogP) is 3.98. The molecule has 3 rings (SSSR count). The number of imidazole rings is 1. The number of benzene rings is 2. The van der Waals surface area contributed by atoms with E-state index in [0.717, 1.165) is 11.3 Å². The molecule has 23 heavy (non-hydrogen) atoms. The number of nitrogens with two attached hydrogens (primary N) is 1. The lowest BCUT2D eigenvalue weighted by Crippen LogP contribution is -2.12. The molecule has 0 bridgehead atoms. The molecule has 0 aliphatic carbocycles. The Morgan fingerprint density at radius 3 is 2.39 bits per heavy atom. The van der Waals surface area contributed by atoms with Gasteiger partial charge in [0, 0.05) is 12.6 Å². The van der Waals surface area contributed by atoms with Gasteiger partial charge in [0.1, 0.15) is 11.6 Å². The number of nitrogens with zero attached hydrogens (tertiary/aromatic N) is 2. The van der Waals surface area contributed by atoms with Crippen LogP contribution in [0.5, 0.6) is 0 Å². The minimum absolute atomic E-state index is 0.139. The fraction of sp³-hybridized carbons (Fsp3) is 0.316. The van der Waals surface area contributed by atoms with Crippen LogP contribution in [0.25, 0.3) is 11.0 Å². The molecule has 0 spiro atoms. The smallest absolute Gasteiger partial charge is 0.125 e. The van der Waals surface area contributed by atoms with Crippen LogP contribution < -0.4 is 5.73 Å². The van der Waals surface area contributed by atoms with Gasteiger partial charge in [-0.05, 0) is 28.7 Å². The van der Waals surface area contributed by atoms with E-state index in [2.05, 4.69) is 54.6 Å². The number of halogens is 1. The Morgan fingerprint density at radius 2 is 1.78 bits per heavy atom. The summed E-state index contributed by atoms with van der Waals surface area (Å²) >= 11 is 0. The molecule has 0 radical (unpaired) electrons. The van der Waals surface area contributed by atoms with Crippen LogP contribution in [0.1, 0.15) is 37.7 Å². The Labute approximate surface area is 136 Å². The van der Waals surface area contributed by atoms with Crippen LogP contribution in [0.2, 0.25) is 0 Å². The van der Waals surface area contributed by atoms with Crippen LogP contribution in [0.4, 0.5) is 4.39 Å². The maximum Gasteiger partial charge on any atom is 0.125 e. The highest BCUT2D eigenvalue weighted by Crippen LogP contribution is 2.23. The SMILES string of the molecule is CC(C)(C)c1ccc(Cn2c(CN)nc3cc(F)ccc32)cc1. The van der Waals surface area contributed by atoms with Crippen LogP contribution >= 0.6 is 0 Å². The van der Waals surface area contributed by atoms with E-state index in [0.29, 0.717) is 18.6 Å². The van der Waals surface area contributed by atoms with Gasteiger partial charge in [-0.25, -0.2) is 9.37 Å². The average Bonchev–Trinajstić information content (AvgIpc) is 2.84. The minimum Gasteiger partial charge on any atom is -0.324 e. The summed E-state index contributed by atoms with van der Waals surface area (Å²) in [6.07, 6.45) is 0. The van der Waals surface area contributed by atoms with Gasteiger partial charge in [-0.15, -0.1) is 0 Å². The fourth-order valence-corrected chi connectivity index (χ4v) is 2.78. The first kappa shape index (κ1) is 15.7. The van der Waals surface area contributed by atoms with Crippen molar-refractivity contribution >= 4 is 11.0 Å². The first-order chi connectivity index (χ1) is 10.9. The van der Waals surface area contributed by atoms with E-state index in [4.69, 9.17) is 5.73 Å². The van der Waals surface area contributed by atoms with Gasteiger partial charge in [0.25, 0.3) is 0 Å². The number of hydrogen-bond donors (Lipinski definition) is 1. The third-order valence-corrected chi connectivity index (χ3v) is 4.13. The fourth-order valence-electron chi connectivity index (χ4n) is 2.78. The van der Waals surface area contributed by atoms with Gasteiger partial charge in [0.15, 0.2) is 0 Å². The van der Waals surface area contributed by atoms with Crippen LogP contribution in [0.15, 0.2) is 42.5 Å². The van der Waals surface area contributed by atoms with Crippen molar-refractivity contribution in [1.82, 2.24) is 9.55 Å². The average molecular weight is 311 g/mol. The normalized spacial score (nSPS) is 12.0. The third kappa shape index (κ3) is 3.13. The van der Waals surface area contributed by atoms with Gasteiger partial charge in [-0.1, -0.05) is 45.0 Å². The van der Waals surface area contributed by atoms with E-state index < -0.39 is 0 Å². The van der Waals surface area contributed by atoms with Crippen LogP contribution in [0, 0.1) is 5.82 Å². The zero-order chi connectivity index (χ0) is 16.6. The van der Waals surface area contributed by atoms with Crippen molar-refractivity contribution in [3.63, 3.8) is 0 Å². The number of aromatic nitrogens is 2. The van der Waals surface area contributed by atoms with Crippen molar-refractivity contribution in [2.75, 3.05) is 0 Å². The van der Waals surface area contributed by atoms with Gasteiger partial charge in [-0.2, -0.15) is 0 Å². The summed E-state index contributed by atoms with van der Waals surface area (Å²) in [6.45, 7) is 7.61. The lowest BCUT2D eigenvalue weighted by Gasteiger charge is -2.19. The van der Waals surface area contributed by atoms with E-state index >= 15 is 0 Å². The van der Waals surface area contributed by atoms with E-state index in [1.807, 2.05) is 0 Å². The Kier molecular flexibility index (Phi) is 3.94. The molecule has 0 saturated carbocycles. The molecule has 0 amide bonds. The monoisotopic (exact) mass is 311 g/mol. The van der Waals surface area contributed by atoms with Gasteiger partial charge < -0.3 is 10.3 Å². The van der Waals surface area contributed by atoms with Crippen LogP contribution in [0.3, 0.4) is 0 Å². The Bertz CT molecular complexity index is 826. The highest BCUT2D eigenvalue weighted by molar-refractivity contribution is 5.76. The molecule has 0 saturated heterocycles. The lowest BCUT2D eigenvalue weighted by atomic mass is 9.87. The summed E-state index contributed by atoms with van der Waals surface area (Å²) in [5, 5.41) is 0. The number of fused-ring (bicyclic) bond motifs is 1. The summed E-state index contributed by atoms with van der Waals surface area (Å²) in [4.78, 5) is 4.44. The van der Waals surface area contributed by atoms with Crippen molar-refractivity contribution in [2.24, 2.45) is 5.73 Å². The largest absolute Gasteiger partial charge is 0.324 e. The van der Waals surface area contributed by atoms with E-state index in [1.165, 1.54) is 23.3 Å². The number of rotatable bonds is 3. The molecule has 4 heteroatoms. The molecule has 3 nitrogen and oxygen atoms in total. The quantitative estimate of drug-likeness (QED) is 0.795. The van der Waals surface area contributed by atoms with Crippen LogP contribution in [-0.4, -0.2) is 9.55 Å². The Hall–Kier alpha value is -2.20. The zero-order valence-electron chi connectivity index (χ0n) is 13.8. The van der Waals surface area contributed by atoms with Crippen molar-refractivity contribution in [3.8, 4) is 0 Å². The molecule has 0 atom stereocenters. The molecule has 120 valence electrons. The first-order valence-corrected chi connectivity index (χ1v) is 7.82. The van der Waals surface area contributed by atoms with Crippen molar-refractivity contribution in [2.45, 2.75) is 39.3 Å². The Balaban J connectivity index is 1.97. The summed E-state index contributed by atoms with van der Waals surface area (Å²) < 4.78 is 15.4. The highest BCUT2D eigenvalue weighted by Gasteiger charge is 2.14. The summed E-state index contributed by atoms with van der Waals surface area (Å²) in [7, 11) is 0. The minimum atomic E-state index is -0.278. The molecule has 2 N–H and O–H groups in total. The maximum atomic E-state index is 13.4. The second kappa shape index (κ2) is 5.78. The highest BCUT2D eigenvalue weighted by atomic mass is 19.1. The van der Waals surface area contributed by atoms with Gasteiger partial charge in [0.2, 0.25) is 0 Å². The first-order valence-electron chi connectivity index (χ1n) is 7.82. The summed E-state index contributed by atoms with van der Waals surface area (Å²) in [6, 6.07) is 13.3. The molecule has 2 aromatic carbocycles. The molecule has 1 aromatic heterocycles. The molecule has 3 aromatic rings. The molecule has 0 aliphatic rings. The van der Waals surface area contributed by atoms with E-state index in [1.54, 1.807) is 6.07 Å².